The fourth-order valence-electron chi connectivity index (χ4n) is 4.78. The molecular weight excluding hydrogens is 681 g/mol. The molecule has 6 aromatic rings. The van der Waals surface area contributed by atoms with E-state index in [4.69, 9.17) is 23.2 Å². The molecule has 2 heterocycles. The van der Waals surface area contributed by atoms with Crippen LogP contribution in [-0.2, 0) is 0 Å². The van der Waals surface area contributed by atoms with E-state index < -0.39 is 45.4 Å². The Morgan fingerprint density at radius 3 is 1.47 bits per heavy atom. The normalized spacial score (nSPS) is 10.9. The van der Waals surface area contributed by atoms with Gasteiger partial charge in [0.05, 0.1) is 22.6 Å². The lowest BCUT2D eigenvalue weighted by Gasteiger charge is -2.13. The van der Waals surface area contributed by atoms with Gasteiger partial charge in [0.2, 0.25) is 0 Å². The third-order valence-corrected chi connectivity index (χ3v) is 7.65. The van der Waals surface area contributed by atoms with Gasteiger partial charge in [-0.2, -0.15) is 9.36 Å². The molecule has 4 aromatic carbocycles. The third-order valence-electron chi connectivity index (χ3n) is 7.14. The van der Waals surface area contributed by atoms with E-state index in [0.29, 0.717) is 34.2 Å². The highest BCUT2D eigenvalue weighted by Gasteiger charge is 2.21. The number of aromatic amines is 2. The fourth-order valence-corrected chi connectivity index (χ4v) is 5.03. The van der Waals surface area contributed by atoms with Gasteiger partial charge in [-0.3, -0.25) is 28.8 Å². The number of anilines is 2. The predicted octanol–water partition coefficient (Wildman–Crippen LogP) is 2.12. The summed E-state index contributed by atoms with van der Waals surface area (Å²) < 4.78 is 1.75. The smallest absolute Gasteiger partial charge is 0.348 e. The first-order valence-electron chi connectivity index (χ1n) is 14.0. The number of aromatic nitrogens is 6. The van der Waals surface area contributed by atoms with Gasteiger partial charge in [0.1, 0.15) is 0 Å². The van der Waals surface area contributed by atoms with Crippen molar-refractivity contribution in [3.63, 3.8) is 0 Å². The van der Waals surface area contributed by atoms with Crippen molar-refractivity contribution >= 4 is 46.4 Å². The second-order valence-corrected chi connectivity index (χ2v) is 11.1. The molecule has 0 bridgehead atoms. The van der Waals surface area contributed by atoms with Crippen molar-refractivity contribution in [1.82, 2.24) is 28.7 Å². The molecular formula is C32H19Cl2N7O8. The van der Waals surface area contributed by atoms with Crippen molar-refractivity contribution in [2.45, 2.75) is 0 Å². The lowest BCUT2D eigenvalue weighted by Crippen LogP contribution is -2.51. The monoisotopic (exact) mass is 699 g/mol. The summed E-state index contributed by atoms with van der Waals surface area (Å²) in [5.74, 6) is -2.02. The number of nitrogens with one attached hydrogen (secondary N) is 3. The number of para-hydroxylation sites is 1. The second kappa shape index (κ2) is 12.9. The number of benzene rings is 4. The standard InChI is InChI=1S/C32H19Cl2N7O8/c33-18-7-13-21(14-8-18)38-27(44)29(46)40(36-31(38)48)25(42)17-5-11-20(12-6-17)35-24-4-2-1-3-23(24)26(43)41-30(47)28(45)39(32(49)37-41)22-15-9-19(34)10-16-22/h1-16,35H,(H,36,48)(H,37,49). The first-order valence-corrected chi connectivity index (χ1v) is 14.7. The van der Waals surface area contributed by atoms with Crippen molar-refractivity contribution in [3.05, 3.63) is 181 Å². The zero-order chi connectivity index (χ0) is 35.0. The molecule has 244 valence electrons. The Morgan fingerprint density at radius 2 is 0.980 bits per heavy atom. The maximum absolute atomic E-state index is 13.4. The van der Waals surface area contributed by atoms with Gasteiger partial charge in [-0.05, 0) is 84.9 Å². The number of rotatable bonds is 6. The molecule has 0 unspecified atom stereocenters. The molecule has 0 saturated carbocycles. The minimum absolute atomic E-state index is 0.0647. The summed E-state index contributed by atoms with van der Waals surface area (Å²) in [5, 5.41) is 7.88. The minimum Gasteiger partial charge on any atom is -0.355 e. The summed E-state index contributed by atoms with van der Waals surface area (Å²) in [7, 11) is 0. The molecule has 15 nitrogen and oxygen atoms in total. The van der Waals surface area contributed by atoms with E-state index in [0.717, 1.165) is 0 Å². The van der Waals surface area contributed by atoms with Crippen LogP contribution >= 0.6 is 23.2 Å². The molecule has 0 aliphatic carbocycles. The molecule has 2 aromatic heterocycles. The summed E-state index contributed by atoms with van der Waals surface area (Å²) in [4.78, 5) is 103. The molecule has 0 radical (unpaired) electrons. The highest BCUT2D eigenvalue weighted by atomic mass is 35.5. The average Bonchev–Trinajstić information content (AvgIpc) is 3.09. The molecule has 3 N–H and O–H groups in total. The van der Waals surface area contributed by atoms with Crippen LogP contribution in [0.15, 0.2) is 126 Å². The Morgan fingerprint density at radius 1 is 0.531 bits per heavy atom. The molecule has 6 rings (SSSR count). The van der Waals surface area contributed by atoms with E-state index in [2.05, 4.69) is 15.5 Å². The number of carbonyl (C=O) groups excluding carboxylic acids is 2. The Bertz CT molecular complexity index is 2650. The molecule has 0 amide bonds. The quantitative estimate of drug-likeness (QED) is 0.218. The van der Waals surface area contributed by atoms with Crippen molar-refractivity contribution in [2.75, 3.05) is 5.32 Å². The molecule has 49 heavy (non-hydrogen) atoms. The summed E-state index contributed by atoms with van der Waals surface area (Å²) in [6, 6.07) is 22.5. The number of halogens is 2. The van der Waals surface area contributed by atoms with E-state index >= 15 is 0 Å². The highest BCUT2D eigenvalue weighted by Crippen LogP contribution is 2.22. The number of H-pyrrole nitrogens is 2. The van der Waals surface area contributed by atoms with Gasteiger partial charge < -0.3 is 5.32 Å². The summed E-state index contributed by atoms with van der Waals surface area (Å²) in [6.07, 6.45) is 0. The Hall–Kier alpha value is -6.58. The average molecular weight is 700 g/mol. The first kappa shape index (κ1) is 32.4. The summed E-state index contributed by atoms with van der Waals surface area (Å²) in [6.45, 7) is 0. The molecule has 0 aliphatic rings. The lowest BCUT2D eigenvalue weighted by atomic mass is 10.1. The first-order chi connectivity index (χ1) is 23.4. The Balaban J connectivity index is 1.27. The van der Waals surface area contributed by atoms with Crippen LogP contribution in [0.5, 0.6) is 0 Å². The van der Waals surface area contributed by atoms with Crippen molar-refractivity contribution in [1.29, 1.82) is 0 Å². The second-order valence-electron chi connectivity index (χ2n) is 10.2. The minimum atomic E-state index is -1.31. The van der Waals surface area contributed by atoms with Crippen LogP contribution in [0.3, 0.4) is 0 Å². The number of nitrogens with zero attached hydrogens (tertiary/aromatic N) is 4. The third kappa shape index (κ3) is 6.14. The molecule has 0 saturated heterocycles. The van der Waals surface area contributed by atoms with E-state index in [1.165, 1.54) is 91.0 Å². The van der Waals surface area contributed by atoms with Gasteiger partial charge in [0, 0.05) is 21.3 Å². The van der Waals surface area contributed by atoms with Crippen LogP contribution in [-0.4, -0.2) is 40.5 Å². The van der Waals surface area contributed by atoms with Gasteiger partial charge in [0.25, 0.3) is 11.8 Å². The predicted molar refractivity (Wildman–Crippen MR) is 179 cm³/mol. The summed E-state index contributed by atoms with van der Waals surface area (Å²) >= 11 is 11.7. The van der Waals surface area contributed by atoms with Gasteiger partial charge in [-0.1, -0.05) is 35.3 Å². The van der Waals surface area contributed by atoms with Crippen LogP contribution in [0.4, 0.5) is 11.4 Å². The van der Waals surface area contributed by atoms with Crippen LogP contribution in [0.1, 0.15) is 20.7 Å². The van der Waals surface area contributed by atoms with Crippen molar-refractivity contribution in [2.24, 2.45) is 0 Å². The Labute approximate surface area is 281 Å². The van der Waals surface area contributed by atoms with E-state index in [9.17, 15) is 38.4 Å². The van der Waals surface area contributed by atoms with Crippen LogP contribution in [0.25, 0.3) is 11.4 Å². The van der Waals surface area contributed by atoms with Crippen molar-refractivity contribution < 1.29 is 9.59 Å². The lowest BCUT2D eigenvalue weighted by molar-refractivity contribution is 0.0928. The van der Waals surface area contributed by atoms with E-state index in [1.807, 2.05) is 0 Å². The van der Waals surface area contributed by atoms with Crippen LogP contribution in [0.2, 0.25) is 10.0 Å². The molecule has 0 aliphatic heterocycles. The molecule has 0 atom stereocenters. The van der Waals surface area contributed by atoms with Gasteiger partial charge in [-0.25, -0.2) is 28.9 Å². The number of hydrogen-bond donors (Lipinski definition) is 3. The van der Waals surface area contributed by atoms with Crippen LogP contribution in [0, 0.1) is 0 Å². The van der Waals surface area contributed by atoms with E-state index in [-0.39, 0.29) is 28.2 Å². The van der Waals surface area contributed by atoms with E-state index in [1.54, 1.807) is 6.07 Å². The highest BCUT2D eigenvalue weighted by molar-refractivity contribution is 6.30. The van der Waals surface area contributed by atoms with Gasteiger partial charge in [-0.15, -0.1) is 0 Å². The molecule has 0 spiro atoms. The topological polar surface area (TPSA) is 200 Å². The zero-order valence-electron chi connectivity index (χ0n) is 24.5. The maximum Gasteiger partial charge on any atom is 0.348 e. The largest absolute Gasteiger partial charge is 0.355 e. The van der Waals surface area contributed by atoms with Crippen LogP contribution < -0.4 is 38.9 Å². The SMILES string of the molecule is O=C(c1ccc(Nc2ccccc2C(=O)n2[nH]c(=O)n(-c3ccc(Cl)cc3)c(=O)c2=O)cc1)n1[nH]c(=O)n(-c2ccc(Cl)cc2)c(=O)c1=O. The maximum atomic E-state index is 13.4. The number of hydrogen-bond acceptors (Lipinski definition) is 9. The molecule has 0 fully saturated rings. The zero-order valence-corrected chi connectivity index (χ0v) is 26.1. The summed E-state index contributed by atoms with van der Waals surface area (Å²) in [5.41, 5.74) is -6.80. The van der Waals surface area contributed by atoms with Gasteiger partial charge >= 0.3 is 33.6 Å². The Kier molecular flexibility index (Phi) is 8.52. The van der Waals surface area contributed by atoms with Crippen molar-refractivity contribution in [3.8, 4) is 11.4 Å². The number of carbonyl (C=O) groups is 2. The molecule has 17 heteroatoms. The fraction of sp³-hybridized carbons (Fsp3) is 0. The van der Waals surface area contributed by atoms with Gasteiger partial charge in [0.15, 0.2) is 0 Å².